The Labute approximate surface area is 96.8 Å². The lowest BCUT2D eigenvalue weighted by molar-refractivity contribution is 0.255. The Kier molecular flexibility index (Phi) is 2.43. The molecule has 3 rings (SSSR count). The lowest BCUT2D eigenvalue weighted by atomic mass is 9.80. The molecule has 0 aromatic heterocycles. The van der Waals surface area contributed by atoms with E-state index in [-0.39, 0.29) is 0 Å². The van der Waals surface area contributed by atoms with Crippen molar-refractivity contribution in [1.29, 1.82) is 0 Å². The molecule has 2 bridgehead atoms. The van der Waals surface area contributed by atoms with Crippen LogP contribution in [0.25, 0.3) is 0 Å². The molecule has 0 spiro atoms. The third kappa shape index (κ3) is 1.62. The Balaban J connectivity index is 1.93. The first kappa shape index (κ1) is 9.88. The van der Waals surface area contributed by atoms with Gasteiger partial charge in [-0.25, -0.2) is 0 Å². The van der Waals surface area contributed by atoms with E-state index < -0.39 is 0 Å². The van der Waals surface area contributed by atoms with Gasteiger partial charge in [0.05, 0.1) is 6.04 Å². The minimum Gasteiger partial charge on any atom is -0.367 e. The number of benzene rings is 1. The van der Waals surface area contributed by atoms with Crippen molar-refractivity contribution in [1.82, 2.24) is 5.32 Å². The van der Waals surface area contributed by atoms with Gasteiger partial charge < -0.3 is 5.32 Å². The first-order valence-electron chi connectivity index (χ1n) is 6.24. The molecule has 2 heteroatoms. The second-order valence-electron chi connectivity index (χ2n) is 4.95. The third-order valence-corrected chi connectivity index (χ3v) is 3.92. The second-order valence-corrected chi connectivity index (χ2v) is 4.95. The summed E-state index contributed by atoms with van der Waals surface area (Å²) in [6.45, 7) is 2.33. The minimum absolute atomic E-state index is 0.537. The van der Waals surface area contributed by atoms with E-state index in [0.29, 0.717) is 18.0 Å². The lowest BCUT2D eigenvalue weighted by Crippen LogP contribution is -2.50. The molecule has 1 saturated carbocycles. The van der Waals surface area contributed by atoms with Crippen molar-refractivity contribution in [2.45, 2.75) is 38.3 Å². The highest BCUT2D eigenvalue weighted by Crippen LogP contribution is 2.30. The molecule has 1 aliphatic carbocycles. The summed E-state index contributed by atoms with van der Waals surface area (Å²) in [5.41, 5.74) is 1.23. The van der Waals surface area contributed by atoms with E-state index in [9.17, 15) is 0 Å². The van der Waals surface area contributed by atoms with E-state index in [4.69, 9.17) is 4.99 Å². The van der Waals surface area contributed by atoms with Crippen molar-refractivity contribution in [2.75, 3.05) is 0 Å². The van der Waals surface area contributed by atoms with E-state index >= 15 is 0 Å². The zero-order chi connectivity index (χ0) is 11.0. The molecular weight excluding hydrogens is 196 g/mol. The number of fused-ring (bicyclic) bond motifs is 2. The van der Waals surface area contributed by atoms with E-state index in [0.717, 1.165) is 5.84 Å². The number of hydrogen-bond donors (Lipinski definition) is 1. The minimum atomic E-state index is 0.537. The Bertz CT molecular complexity index is 396. The molecular formula is C14H18N2. The normalized spacial score (nSPS) is 32.8. The van der Waals surface area contributed by atoms with Crippen molar-refractivity contribution < 1.29 is 0 Å². The van der Waals surface area contributed by atoms with Crippen LogP contribution in [0.3, 0.4) is 0 Å². The Morgan fingerprint density at radius 3 is 2.75 bits per heavy atom. The predicted molar refractivity (Wildman–Crippen MR) is 66.7 cm³/mol. The van der Waals surface area contributed by atoms with Gasteiger partial charge in [0.25, 0.3) is 0 Å². The fraction of sp³-hybridized carbons (Fsp3) is 0.500. The lowest BCUT2D eigenvalue weighted by Gasteiger charge is -2.39. The standard InChI is InChI=1S/C14H18N2/c1-10-12-8-5-9-13(10)16-14(15-12)11-6-3-2-4-7-11/h2-4,6-7,10,12-13H,5,8-9H2,1H3,(H,15,16). The van der Waals surface area contributed by atoms with E-state index in [1.165, 1.54) is 24.8 Å². The smallest absolute Gasteiger partial charge is 0.128 e. The quantitative estimate of drug-likeness (QED) is 0.763. The van der Waals surface area contributed by atoms with Crippen molar-refractivity contribution in [2.24, 2.45) is 10.9 Å². The van der Waals surface area contributed by atoms with E-state index in [2.05, 4.69) is 42.6 Å². The van der Waals surface area contributed by atoms with Gasteiger partial charge in [-0.2, -0.15) is 0 Å². The van der Waals surface area contributed by atoms with Crippen molar-refractivity contribution in [3.05, 3.63) is 35.9 Å². The molecule has 1 aromatic carbocycles. The molecule has 0 saturated heterocycles. The SMILES string of the molecule is CC1C2CCCC1NC(c1ccccc1)=N2. The highest BCUT2D eigenvalue weighted by atomic mass is 15.1. The summed E-state index contributed by atoms with van der Waals surface area (Å²) in [6.07, 6.45) is 3.87. The fourth-order valence-corrected chi connectivity index (χ4v) is 2.86. The van der Waals surface area contributed by atoms with Gasteiger partial charge in [0.2, 0.25) is 0 Å². The highest BCUT2D eigenvalue weighted by Gasteiger charge is 2.34. The highest BCUT2D eigenvalue weighted by molar-refractivity contribution is 5.99. The summed E-state index contributed by atoms with van der Waals surface area (Å²) in [5, 5.41) is 3.60. The van der Waals surface area contributed by atoms with Gasteiger partial charge in [-0.1, -0.05) is 37.3 Å². The van der Waals surface area contributed by atoms with Gasteiger partial charge in [0.1, 0.15) is 5.84 Å². The van der Waals surface area contributed by atoms with E-state index in [1.54, 1.807) is 0 Å². The van der Waals surface area contributed by atoms with Crippen LogP contribution in [0.15, 0.2) is 35.3 Å². The average Bonchev–Trinajstić information content (AvgIpc) is 2.30. The maximum atomic E-state index is 4.86. The van der Waals surface area contributed by atoms with Crippen LogP contribution in [0.4, 0.5) is 0 Å². The molecule has 0 radical (unpaired) electrons. The van der Waals surface area contributed by atoms with Crippen LogP contribution in [0.2, 0.25) is 0 Å². The third-order valence-electron chi connectivity index (χ3n) is 3.92. The number of aliphatic imine (C=N–C) groups is 1. The van der Waals surface area contributed by atoms with E-state index in [1.807, 2.05) is 0 Å². The molecule has 1 aliphatic heterocycles. The van der Waals surface area contributed by atoms with Gasteiger partial charge in [0.15, 0.2) is 0 Å². The molecule has 0 amide bonds. The largest absolute Gasteiger partial charge is 0.367 e. The molecule has 2 nitrogen and oxygen atoms in total. The summed E-state index contributed by atoms with van der Waals surface area (Å²) in [5.74, 6) is 1.80. The Morgan fingerprint density at radius 2 is 2.00 bits per heavy atom. The topological polar surface area (TPSA) is 24.4 Å². The maximum Gasteiger partial charge on any atom is 0.128 e. The van der Waals surface area contributed by atoms with Crippen LogP contribution in [0, 0.1) is 5.92 Å². The molecule has 3 unspecified atom stereocenters. The molecule has 1 fully saturated rings. The summed E-state index contributed by atoms with van der Waals surface area (Å²) in [4.78, 5) is 4.86. The van der Waals surface area contributed by atoms with Crippen LogP contribution in [-0.2, 0) is 0 Å². The molecule has 2 aliphatic rings. The fourth-order valence-electron chi connectivity index (χ4n) is 2.86. The predicted octanol–water partition coefficient (Wildman–Crippen LogP) is 2.59. The van der Waals surface area contributed by atoms with Crippen LogP contribution in [0.5, 0.6) is 0 Å². The monoisotopic (exact) mass is 214 g/mol. The van der Waals surface area contributed by atoms with Crippen molar-refractivity contribution in [3.63, 3.8) is 0 Å². The Morgan fingerprint density at radius 1 is 1.19 bits per heavy atom. The number of nitrogens with zero attached hydrogens (tertiary/aromatic N) is 1. The Hall–Kier alpha value is -1.31. The van der Waals surface area contributed by atoms with Crippen molar-refractivity contribution >= 4 is 5.84 Å². The van der Waals surface area contributed by atoms with Crippen LogP contribution >= 0.6 is 0 Å². The van der Waals surface area contributed by atoms with Crippen LogP contribution in [-0.4, -0.2) is 17.9 Å². The first-order chi connectivity index (χ1) is 7.84. The average molecular weight is 214 g/mol. The van der Waals surface area contributed by atoms with Crippen LogP contribution < -0.4 is 5.32 Å². The number of nitrogens with one attached hydrogen (secondary N) is 1. The summed E-state index contributed by atoms with van der Waals surface area (Å²) in [7, 11) is 0. The van der Waals surface area contributed by atoms with Crippen molar-refractivity contribution in [3.8, 4) is 0 Å². The summed E-state index contributed by atoms with van der Waals surface area (Å²) in [6, 6.07) is 11.6. The molecule has 1 heterocycles. The van der Waals surface area contributed by atoms with Crippen LogP contribution in [0.1, 0.15) is 31.7 Å². The van der Waals surface area contributed by atoms with Gasteiger partial charge in [0, 0.05) is 11.6 Å². The van der Waals surface area contributed by atoms with Gasteiger partial charge in [-0.3, -0.25) is 4.99 Å². The molecule has 3 atom stereocenters. The van der Waals surface area contributed by atoms with Gasteiger partial charge >= 0.3 is 0 Å². The number of hydrogen-bond acceptors (Lipinski definition) is 2. The first-order valence-corrected chi connectivity index (χ1v) is 6.24. The second kappa shape index (κ2) is 3.93. The van der Waals surface area contributed by atoms with Gasteiger partial charge in [-0.15, -0.1) is 0 Å². The summed E-state index contributed by atoms with van der Waals surface area (Å²) < 4.78 is 0. The summed E-state index contributed by atoms with van der Waals surface area (Å²) >= 11 is 0. The zero-order valence-electron chi connectivity index (χ0n) is 9.69. The molecule has 84 valence electrons. The molecule has 1 N–H and O–H groups in total. The number of rotatable bonds is 1. The maximum absolute atomic E-state index is 4.86. The zero-order valence-corrected chi connectivity index (χ0v) is 9.69. The van der Waals surface area contributed by atoms with Gasteiger partial charge in [-0.05, 0) is 25.2 Å². The molecule has 1 aromatic rings. The number of amidine groups is 1. The molecule has 16 heavy (non-hydrogen) atoms.